The van der Waals surface area contributed by atoms with Gasteiger partial charge < -0.3 is 10.1 Å². The number of morpholine rings is 1. The minimum absolute atomic E-state index is 0. The number of hydrogen-bond acceptors (Lipinski definition) is 2. The molecule has 1 fully saturated rings. The van der Waals surface area contributed by atoms with Crippen LogP contribution in [0.15, 0.2) is 18.2 Å². The first kappa shape index (κ1) is 12.8. The molecule has 0 unspecified atom stereocenters. The Morgan fingerprint density at radius 1 is 1.47 bits per heavy atom. The number of rotatable bonds is 1. The van der Waals surface area contributed by atoms with Crippen molar-refractivity contribution in [2.75, 3.05) is 19.8 Å². The Morgan fingerprint density at radius 2 is 2.27 bits per heavy atom. The van der Waals surface area contributed by atoms with E-state index in [0.717, 1.165) is 30.3 Å². The maximum atomic E-state index is 5.97. The van der Waals surface area contributed by atoms with Crippen LogP contribution < -0.4 is 5.32 Å². The number of hydrogen-bond donors (Lipinski definition) is 1. The van der Waals surface area contributed by atoms with Gasteiger partial charge in [0.05, 0.1) is 19.3 Å². The lowest BCUT2D eigenvalue weighted by molar-refractivity contribution is 0.0769. The molecule has 0 aliphatic carbocycles. The van der Waals surface area contributed by atoms with Crippen molar-refractivity contribution < 1.29 is 4.74 Å². The van der Waals surface area contributed by atoms with Gasteiger partial charge in [-0.25, -0.2) is 0 Å². The lowest BCUT2D eigenvalue weighted by atomic mass is 10.0. The molecule has 2 nitrogen and oxygen atoms in total. The summed E-state index contributed by atoms with van der Waals surface area (Å²) in [7, 11) is 0. The van der Waals surface area contributed by atoms with Crippen molar-refractivity contribution in [2.24, 2.45) is 0 Å². The first-order chi connectivity index (χ1) is 6.77. The van der Waals surface area contributed by atoms with Gasteiger partial charge in [-0.15, -0.1) is 12.4 Å². The van der Waals surface area contributed by atoms with Gasteiger partial charge in [-0.1, -0.05) is 23.7 Å². The summed E-state index contributed by atoms with van der Waals surface area (Å²) >= 11 is 5.97. The lowest BCUT2D eigenvalue weighted by Crippen LogP contribution is -2.34. The quantitative estimate of drug-likeness (QED) is 0.825. The smallest absolute Gasteiger partial charge is 0.0662 e. The molecule has 0 bridgehead atoms. The van der Waals surface area contributed by atoms with Crippen LogP contribution in [0.4, 0.5) is 0 Å². The SMILES string of the molecule is Cc1cc([C@H]2COCCN2)ccc1Cl.Cl. The molecular weight excluding hydrogens is 233 g/mol. The normalized spacial score (nSPS) is 20.8. The Labute approximate surface area is 101 Å². The highest BCUT2D eigenvalue weighted by molar-refractivity contribution is 6.31. The maximum absolute atomic E-state index is 5.97. The van der Waals surface area contributed by atoms with E-state index < -0.39 is 0 Å². The summed E-state index contributed by atoms with van der Waals surface area (Å²) < 4.78 is 5.41. The highest BCUT2D eigenvalue weighted by Crippen LogP contribution is 2.21. The standard InChI is InChI=1S/C11H14ClNO.ClH/c1-8-6-9(2-3-10(8)12)11-7-14-5-4-13-11;/h2-3,6,11,13H,4-5,7H2,1H3;1H/t11-;/m1./s1. The van der Waals surface area contributed by atoms with Gasteiger partial charge >= 0.3 is 0 Å². The molecule has 1 saturated heterocycles. The molecule has 1 N–H and O–H groups in total. The predicted octanol–water partition coefficient (Wildman–Crippen LogP) is 2.73. The molecule has 0 amide bonds. The third-order valence-corrected chi connectivity index (χ3v) is 2.93. The second kappa shape index (κ2) is 5.71. The molecule has 1 aromatic carbocycles. The first-order valence-corrected chi connectivity index (χ1v) is 5.22. The molecule has 0 radical (unpaired) electrons. The number of halogens is 2. The summed E-state index contributed by atoms with van der Waals surface area (Å²) in [5, 5.41) is 4.24. The highest BCUT2D eigenvalue weighted by Gasteiger charge is 2.15. The Bertz CT molecular complexity index is 324. The number of nitrogens with one attached hydrogen (secondary N) is 1. The molecule has 84 valence electrons. The maximum Gasteiger partial charge on any atom is 0.0662 e. The van der Waals surface area contributed by atoms with Gasteiger partial charge in [0.25, 0.3) is 0 Å². The molecule has 4 heteroatoms. The Hall–Kier alpha value is -0.280. The monoisotopic (exact) mass is 247 g/mol. The summed E-state index contributed by atoms with van der Waals surface area (Å²) in [6.45, 7) is 4.51. The van der Waals surface area contributed by atoms with E-state index in [9.17, 15) is 0 Å². The zero-order valence-corrected chi connectivity index (χ0v) is 10.2. The van der Waals surface area contributed by atoms with Gasteiger partial charge in [-0.2, -0.15) is 0 Å². The number of benzene rings is 1. The zero-order chi connectivity index (χ0) is 9.97. The molecule has 0 spiro atoms. The first-order valence-electron chi connectivity index (χ1n) is 4.84. The predicted molar refractivity (Wildman–Crippen MR) is 65.0 cm³/mol. The summed E-state index contributed by atoms with van der Waals surface area (Å²) in [6.07, 6.45) is 0. The van der Waals surface area contributed by atoms with E-state index in [1.165, 1.54) is 5.56 Å². The molecule has 0 aromatic heterocycles. The zero-order valence-electron chi connectivity index (χ0n) is 8.63. The number of ether oxygens (including phenoxy) is 1. The summed E-state index contributed by atoms with van der Waals surface area (Å²) in [5.41, 5.74) is 2.38. The van der Waals surface area contributed by atoms with Crippen LogP contribution in [0.5, 0.6) is 0 Å². The van der Waals surface area contributed by atoms with Gasteiger partial charge in [-0.05, 0) is 24.1 Å². The molecule has 1 aromatic rings. The number of aryl methyl sites for hydroxylation is 1. The van der Waals surface area contributed by atoms with E-state index in [0.29, 0.717) is 6.04 Å². The molecule has 1 atom stereocenters. The second-order valence-corrected chi connectivity index (χ2v) is 4.00. The third-order valence-electron chi connectivity index (χ3n) is 2.51. The van der Waals surface area contributed by atoms with E-state index in [1.54, 1.807) is 0 Å². The van der Waals surface area contributed by atoms with E-state index in [4.69, 9.17) is 16.3 Å². The molecule has 2 rings (SSSR count). The Kier molecular flexibility index (Phi) is 4.87. The fourth-order valence-electron chi connectivity index (χ4n) is 1.66. The van der Waals surface area contributed by atoms with Crippen molar-refractivity contribution in [3.05, 3.63) is 34.3 Å². The average Bonchev–Trinajstić information content (AvgIpc) is 2.23. The second-order valence-electron chi connectivity index (χ2n) is 3.59. The topological polar surface area (TPSA) is 21.3 Å². The van der Waals surface area contributed by atoms with Crippen LogP contribution in [-0.4, -0.2) is 19.8 Å². The van der Waals surface area contributed by atoms with E-state index >= 15 is 0 Å². The van der Waals surface area contributed by atoms with Gasteiger partial charge in [0.15, 0.2) is 0 Å². The molecule has 0 saturated carbocycles. The third kappa shape index (κ3) is 3.08. The van der Waals surface area contributed by atoms with Crippen LogP contribution in [0.1, 0.15) is 17.2 Å². The van der Waals surface area contributed by atoms with Crippen LogP contribution in [-0.2, 0) is 4.74 Å². The Morgan fingerprint density at radius 3 is 2.87 bits per heavy atom. The van der Waals surface area contributed by atoms with E-state index in [2.05, 4.69) is 17.4 Å². The van der Waals surface area contributed by atoms with Gasteiger partial charge in [0, 0.05) is 11.6 Å². The van der Waals surface area contributed by atoms with E-state index in [-0.39, 0.29) is 12.4 Å². The molecule has 1 heterocycles. The minimum atomic E-state index is 0. The van der Waals surface area contributed by atoms with Crippen molar-refractivity contribution in [3.8, 4) is 0 Å². The largest absolute Gasteiger partial charge is 0.378 e. The van der Waals surface area contributed by atoms with Crippen molar-refractivity contribution in [3.63, 3.8) is 0 Å². The van der Waals surface area contributed by atoms with Crippen LogP contribution in [0.25, 0.3) is 0 Å². The molecule has 15 heavy (non-hydrogen) atoms. The Balaban J connectivity index is 0.00000112. The fourth-order valence-corrected chi connectivity index (χ4v) is 1.78. The van der Waals surface area contributed by atoms with Crippen LogP contribution in [0.2, 0.25) is 5.02 Å². The highest BCUT2D eigenvalue weighted by atomic mass is 35.5. The van der Waals surface area contributed by atoms with Gasteiger partial charge in [-0.3, -0.25) is 0 Å². The van der Waals surface area contributed by atoms with Gasteiger partial charge in [0.1, 0.15) is 0 Å². The van der Waals surface area contributed by atoms with Crippen molar-refractivity contribution in [2.45, 2.75) is 13.0 Å². The summed E-state index contributed by atoms with van der Waals surface area (Å²) in [6, 6.07) is 6.44. The molecular formula is C11H15Cl2NO. The van der Waals surface area contributed by atoms with Crippen LogP contribution >= 0.6 is 24.0 Å². The van der Waals surface area contributed by atoms with Crippen molar-refractivity contribution in [1.29, 1.82) is 0 Å². The lowest BCUT2D eigenvalue weighted by Gasteiger charge is -2.24. The fraction of sp³-hybridized carbons (Fsp3) is 0.455. The van der Waals surface area contributed by atoms with Crippen molar-refractivity contribution in [1.82, 2.24) is 5.32 Å². The van der Waals surface area contributed by atoms with Gasteiger partial charge in [0.2, 0.25) is 0 Å². The van der Waals surface area contributed by atoms with Crippen LogP contribution in [0.3, 0.4) is 0 Å². The van der Waals surface area contributed by atoms with E-state index in [1.807, 2.05) is 13.0 Å². The summed E-state index contributed by atoms with van der Waals surface area (Å²) in [5.74, 6) is 0. The molecule has 1 aliphatic heterocycles. The minimum Gasteiger partial charge on any atom is -0.378 e. The van der Waals surface area contributed by atoms with Crippen molar-refractivity contribution >= 4 is 24.0 Å². The summed E-state index contributed by atoms with van der Waals surface area (Å²) in [4.78, 5) is 0. The average molecular weight is 248 g/mol. The van der Waals surface area contributed by atoms with Crippen LogP contribution in [0, 0.1) is 6.92 Å². The molecule has 1 aliphatic rings.